The molecule has 232 valence electrons. The van der Waals surface area contributed by atoms with Crippen LogP contribution in [0.4, 0.5) is 19.0 Å². The zero-order valence-corrected chi connectivity index (χ0v) is 25.1. The highest BCUT2D eigenvalue weighted by molar-refractivity contribution is 7.89. The molecule has 0 aliphatic carbocycles. The predicted molar refractivity (Wildman–Crippen MR) is 155 cm³/mol. The van der Waals surface area contributed by atoms with Crippen LogP contribution in [0.2, 0.25) is 5.02 Å². The number of alkyl halides is 3. The lowest BCUT2D eigenvalue weighted by molar-refractivity contribution is -0.145. The van der Waals surface area contributed by atoms with Crippen LogP contribution in [0, 0.1) is 6.92 Å². The van der Waals surface area contributed by atoms with Crippen LogP contribution in [0.3, 0.4) is 0 Å². The second kappa shape index (κ2) is 11.3. The molecule has 6 rings (SSSR count). The van der Waals surface area contributed by atoms with E-state index in [9.17, 15) is 31.5 Å². The number of rotatable bonds is 6. The zero-order chi connectivity index (χ0) is 31.4. The molecule has 1 unspecified atom stereocenters. The number of anilines is 1. The molecule has 2 atom stereocenters. The molecule has 3 aromatic heterocycles. The molecule has 1 fully saturated rings. The van der Waals surface area contributed by atoms with Gasteiger partial charge in [-0.15, -0.1) is 10.2 Å². The Kier molecular flexibility index (Phi) is 7.79. The van der Waals surface area contributed by atoms with Crippen molar-refractivity contribution in [3.05, 3.63) is 81.9 Å². The first-order chi connectivity index (χ1) is 20.9. The fraction of sp³-hybridized carbons (Fsp3) is 0.379. The van der Waals surface area contributed by atoms with Gasteiger partial charge in [0.25, 0.3) is 0 Å². The summed E-state index contributed by atoms with van der Waals surface area (Å²) in [5.74, 6) is -2.66. The highest BCUT2D eigenvalue weighted by Gasteiger charge is 2.40. The van der Waals surface area contributed by atoms with Crippen molar-refractivity contribution in [3.8, 4) is 0 Å². The Morgan fingerprint density at radius 2 is 1.98 bits per heavy atom. The lowest BCUT2D eigenvalue weighted by atomic mass is 9.86. The van der Waals surface area contributed by atoms with Crippen molar-refractivity contribution in [1.29, 1.82) is 0 Å². The molecule has 1 saturated heterocycles. The van der Waals surface area contributed by atoms with Crippen molar-refractivity contribution in [2.75, 3.05) is 18.0 Å². The molecule has 10 nitrogen and oxygen atoms in total. The second-order valence-corrected chi connectivity index (χ2v) is 13.4. The van der Waals surface area contributed by atoms with Crippen molar-refractivity contribution >= 4 is 39.1 Å². The number of aliphatic carboxylic acids is 1. The van der Waals surface area contributed by atoms with Crippen molar-refractivity contribution in [2.24, 2.45) is 0 Å². The second-order valence-electron chi connectivity index (χ2n) is 11.1. The van der Waals surface area contributed by atoms with Crippen LogP contribution in [0.5, 0.6) is 0 Å². The van der Waals surface area contributed by atoms with E-state index in [4.69, 9.17) is 11.6 Å². The van der Waals surface area contributed by atoms with E-state index in [0.717, 1.165) is 23.7 Å². The number of nitrogens with zero attached hydrogens (tertiary/aromatic N) is 6. The molecule has 0 spiro atoms. The fourth-order valence-corrected chi connectivity index (χ4v) is 8.05. The van der Waals surface area contributed by atoms with E-state index in [1.165, 1.54) is 16.6 Å². The maximum absolute atomic E-state index is 14.0. The van der Waals surface area contributed by atoms with Crippen LogP contribution >= 0.6 is 11.6 Å². The molecule has 15 heteroatoms. The molecule has 0 radical (unpaired) electrons. The Balaban J connectivity index is 1.40. The Labute approximate surface area is 256 Å². The molecule has 4 aromatic rings. The predicted octanol–water partition coefficient (Wildman–Crippen LogP) is 5.27. The largest absolute Gasteiger partial charge is 0.481 e. The summed E-state index contributed by atoms with van der Waals surface area (Å²) in [7, 11) is -3.97. The van der Waals surface area contributed by atoms with E-state index in [0.29, 0.717) is 39.6 Å². The highest BCUT2D eigenvalue weighted by Crippen LogP contribution is 2.38. The third-order valence-corrected chi connectivity index (χ3v) is 10.6. The van der Waals surface area contributed by atoms with E-state index in [2.05, 4.69) is 20.1 Å². The average Bonchev–Trinajstić information content (AvgIpc) is 3.40. The maximum atomic E-state index is 14.0. The minimum absolute atomic E-state index is 0.0422. The number of sulfonamides is 1. The van der Waals surface area contributed by atoms with Gasteiger partial charge in [0.15, 0.2) is 5.65 Å². The van der Waals surface area contributed by atoms with Gasteiger partial charge in [0, 0.05) is 49.0 Å². The van der Waals surface area contributed by atoms with Gasteiger partial charge < -0.3 is 10.0 Å². The Morgan fingerprint density at radius 1 is 1.18 bits per heavy atom. The van der Waals surface area contributed by atoms with Crippen molar-refractivity contribution < 1.29 is 31.5 Å². The third kappa shape index (κ3) is 5.39. The number of carbonyl (C=O) groups is 1. The van der Waals surface area contributed by atoms with E-state index >= 15 is 0 Å². The number of carboxylic acids is 1. The molecule has 0 saturated carbocycles. The van der Waals surface area contributed by atoms with E-state index < -0.39 is 33.9 Å². The van der Waals surface area contributed by atoms with Gasteiger partial charge in [-0.05, 0) is 72.7 Å². The Bertz CT molecular complexity index is 1870. The third-order valence-electron chi connectivity index (χ3n) is 8.38. The summed E-state index contributed by atoms with van der Waals surface area (Å²) >= 11 is 6.61. The van der Waals surface area contributed by atoms with Gasteiger partial charge >= 0.3 is 12.1 Å². The molecule has 44 heavy (non-hydrogen) atoms. The number of aryl methyl sites for hydroxylation is 1. The molecule has 5 heterocycles. The number of fused-ring (bicyclic) bond motifs is 4. The number of hydrogen-bond acceptors (Lipinski definition) is 7. The average molecular weight is 649 g/mol. The topological polar surface area (TPSA) is 121 Å². The standard InChI is InChI=1S/C29H28ClF3N6O4S/c1-17-21(9-12-39-26(17)35-36-28(39)29(31,32)33)22(14-25(40)41)18-7-8-23(30)19(13-18)15-37-16-20-5-2-3-11-38(20)27-24(44(37,42)43)6-4-10-34-27/h4,6-10,12-13,20,22H,2-3,5,11,14-16H2,1H3,(H,40,41)/t20?,22-/m1/s1. The van der Waals surface area contributed by atoms with Gasteiger partial charge in [-0.2, -0.15) is 17.5 Å². The Morgan fingerprint density at radius 3 is 2.73 bits per heavy atom. The molecule has 2 aliphatic heterocycles. The monoisotopic (exact) mass is 648 g/mol. The molecule has 1 N–H and O–H groups in total. The molecular formula is C29H28ClF3N6O4S. The molecule has 2 aliphatic rings. The summed E-state index contributed by atoms with van der Waals surface area (Å²) in [6, 6.07) is 9.41. The van der Waals surface area contributed by atoms with Crippen molar-refractivity contribution in [2.45, 2.75) is 62.2 Å². The lowest BCUT2D eigenvalue weighted by Crippen LogP contribution is -2.45. The van der Waals surface area contributed by atoms with Crippen LogP contribution < -0.4 is 4.90 Å². The summed E-state index contributed by atoms with van der Waals surface area (Å²) in [4.78, 5) is 18.6. The number of piperidine rings is 1. The maximum Gasteiger partial charge on any atom is 0.452 e. The van der Waals surface area contributed by atoms with Crippen LogP contribution in [0.15, 0.2) is 53.7 Å². The number of carboxylic acid groups (broad SMARTS) is 1. The normalized spacial score (nSPS) is 19.3. The van der Waals surface area contributed by atoms with Gasteiger partial charge in [0.05, 0.1) is 6.42 Å². The summed E-state index contributed by atoms with van der Waals surface area (Å²) in [6.07, 6.45) is 0.359. The number of pyridine rings is 2. The molecule has 0 amide bonds. The van der Waals surface area contributed by atoms with Crippen LogP contribution in [-0.4, -0.2) is 62.5 Å². The minimum Gasteiger partial charge on any atom is -0.481 e. The molecule has 1 aromatic carbocycles. The quantitative estimate of drug-likeness (QED) is 0.300. The van der Waals surface area contributed by atoms with Gasteiger partial charge in [0.2, 0.25) is 15.8 Å². The highest BCUT2D eigenvalue weighted by atomic mass is 35.5. The SMILES string of the molecule is Cc1c([C@H](CC(=O)O)c2ccc(Cl)c(CN3CC4CCCCN4c4ncccc4S3(=O)=O)c2)ccn2c(C(F)(F)F)nnc12. The first-order valence-electron chi connectivity index (χ1n) is 14.0. The zero-order valence-electron chi connectivity index (χ0n) is 23.5. The van der Waals surface area contributed by atoms with Gasteiger partial charge in [-0.25, -0.2) is 13.4 Å². The number of aromatic nitrogens is 4. The summed E-state index contributed by atoms with van der Waals surface area (Å²) < 4.78 is 70.5. The van der Waals surface area contributed by atoms with E-state index in [1.807, 2.05) is 0 Å². The van der Waals surface area contributed by atoms with E-state index in [1.54, 1.807) is 43.5 Å². The van der Waals surface area contributed by atoms with Crippen LogP contribution in [-0.2, 0) is 27.5 Å². The smallest absolute Gasteiger partial charge is 0.452 e. The summed E-state index contributed by atoms with van der Waals surface area (Å²) in [6.45, 7) is 2.42. The Hall–Kier alpha value is -3.75. The molecule has 0 bridgehead atoms. The van der Waals surface area contributed by atoms with Crippen molar-refractivity contribution in [3.63, 3.8) is 0 Å². The van der Waals surface area contributed by atoms with Crippen LogP contribution in [0.1, 0.15) is 59.7 Å². The lowest BCUT2D eigenvalue weighted by Gasteiger charge is -2.36. The number of hydrogen-bond donors (Lipinski definition) is 1. The van der Waals surface area contributed by atoms with Gasteiger partial charge in [-0.3, -0.25) is 9.20 Å². The first-order valence-corrected chi connectivity index (χ1v) is 15.8. The first kappa shape index (κ1) is 30.3. The van der Waals surface area contributed by atoms with Gasteiger partial charge in [0.1, 0.15) is 10.7 Å². The van der Waals surface area contributed by atoms with Crippen LogP contribution in [0.25, 0.3) is 5.65 Å². The fourth-order valence-electron chi connectivity index (χ4n) is 6.26. The van der Waals surface area contributed by atoms with Gasteiger partial charge in [-0.1, -0.05) is 23.7 Å². The van der Waals surface area contributed by atoms with Crippen molar-refractivity contribution in [1.82, 2.24) is 23.9 Å². The minimum atomic E-state index is -4.72. The van der Waals surface area contributed by atoms with E-state index in [-0.39, 0.29) is 36.1 Å². The summed E-state index contributed by atoms with van der Waals surface area (Å²) in [5, 5.41) is 17.1. The number of benzene rings is 1. The molecular weight excluding hydrogens is 621 g/mol. The summed E-state index contributed by atoms with van der Waals surface area (Å²) in [5.41, 5.74) is 1.74. The number of halogens is 4.